The predicted octanol–water partition coefficient (Wildman–Crippen LogP) is 2.65. The van der Waals surface area contributed by atoms with Crippen LogP contribution in [-0.4, -0.2) is 22.6 Å². The average Bonchev–Trinajstić information content (AvgIpc) is 2.37. The van der Waals surface area contributed by atoms with Crippen LogP contribution in [0.1, 0.15) is 12.1 Å². The highest BCUT2D eigenvalue weighted by atomic mass is 79.9. The molecule has 0 aliphatic carbocycles. The Kier molecular flexibility index (Phi) is 4.15. The van der Waals surface area contributed by atoms with Crippen LogP contribution in [0.2, 0.25) is 0 Å². The lowest BCUT2D eigenvalue weighted by Gasteiger charge is -2.05. The maximum Gasteiger partial charge on any atom is 0.391 e. The van der Waals surface area contributed by atoms with E-state index in [1.807, 2.05) is 0 Å². The number of alkyl halides is 3. The molecule has 1 heterocycles. The summed E-state index contributed by atoms with van der Waals surface area (Å²) in [5, 5.41) is 4.01. The highest BCUT2D eigenvalue weighted by Gasteiger charge is 2.26. The molecule has 0 spiro atoms. The number of hydrogen-bond donors (Lipinski definition) is 0. The lowest BCUT2D eigenvalue weighted by atomic mass is 10.4. The van der Waals surface area contributed by atoms with Gasteiger partial charge in [0.15, 0.2) is 0 Å². The molecule has 0 saturated carbocycles. The van der Waals surface area contributed by atoms with E-state index in [4.69, 9.17) is 4.74 Å². The van der Waals surface area contributed by atoms with Crippen LogP contribution in [0.4, 0.5) is 13.2 Å². The van der Waals surface area contributed by atoms with Crippen molar-refractivity contribution in [3.05, 3.63) is 16.4 Å². The van der Waals surface area contributed by atoms with Gasteiger partial charge in [-0.2, -0.15) is 18.3 Å². The standard InChI is InChI=1S/C8H10BrF3N2O/c1-14-4-6(9)7(13-14)5-15-3-2-8(10,11)12/h4H,2-3,5H2,1H3. The van der Waals surface area contributed by atoms with Gasteiger partial charge in [0.25, 0.3) is 0 Å². The third kappa shape index (κ3) is 4.65. The zero-order valence-corrected chi connectivity index (χ0v) is 9.60. The van der Waals surface area contributed by atoms with E-state index in [1.54, 1.807) is 17.9 Å². The van der Waals surface area contributed by atoms with Gasteiger partial charge >= 0.3 is 6.18 Å². The first-order valence-corrected chi connectivity index (χ1v) is 5.00. The van der Waals surface area contributed by atoms with Gasteiger partial charge in [-0.3, -0.25) is 4.68 Å². The van der Waals surface area contributed by atoms with Crippen LogP contribution >= 0.6 is 15.9 Å². The summed E-state index contributed by atoms with van der Waals surface area (Å²) in [7, 11) is 1.73. The fraction of sp³-hybridized carbons (Fsp3) is 0.625. The molecule has 0 amide bonds. The van der Waals surface area contributed by atoms with Crippen LogP contribution in [0, 0.1) is 0 Å². The van der Waals surface area contributed by atoms with Crippen molar-refractivity contribution in [1.82, 2.24) is 9.78 Å². The Labute approximate surface area is 93.3 Å². The molecule has 0 aliphatic heterocycles. The van der Waals surface area contributed by atoms with Crippen LogP contribution < -0.4 is 0 Å². The number of halogens is 4. The molecular formula is C8H10BrF3N2O. The third-order valence-electron chi connectivity index (χ3n) is 1.62. The maximum atomic E-state index is 11.8. The van der Waals surface area contributed by atoms with Gasteiger partial charge in [0, 0.05) is 13.2 Å². The molecule has 1 rings (SSSR count). The van der Waals surface area contributed by atoms with Crippen LogP contribution in [0.15, 0.2) is 10.7 Å². The van der Waals surface area contributed by atoms with Gasteiger partial charge in [0.05, 0.1) is 24.1 Å². The zero-order valence-electron chi connectivity index (χ0n) is 8.01. The Morgan fingerprint density at radius 2 is 2.20 bits per heavy atom. The fourth-order valence-corrected chi connectivity index (χ4v) is 1.45. The smallest absolute Gasteiger partial charge is 0.375 e. The number of aryl methyl sites for hydroxylation is 1. The lowest BCUT2D eigenvalue weighted by molar-refractivity contribution is -0.146. The fourth-order valence-electron chi connectivity index (χ4n) is 0.960. The van der Waals surface area contributed by atoms with E-state index in [1.165, 1.54) is 0 Å². The molecule has 86 valence electrons. The molecule has 0 unspecified atom stereocenters. The Balaban J connectivity index is 2.29. The Hall–Kier alpha value is -0.560. The highest BCUT2D eigenvalue weighted by molar-refractivity contribution is 9.10. The van der Waals surface area contributed by atoms with Crippen molar-refractivity contribution in [2.24, 2.45) is 7.05 Å². The van der Waals surface area contributed by atoms with E-state index in [0.717, 1.165) is 4.47 Å². The van der Waals surface area contributed by atoms with Crippen LogP contribution in [0.5, 0.6) is 0 Å². The van der Waals surface area contributed by atoms with Gasteiger partial charge in [-0.05, 0) is 15.9 Å². The van der Waals surface area contributed by atoms with Crippen molar-refractivity contribution in [1.29, 1.82) is 0 Å². The molecule has 0 aliphatic rings. The minimum Gasteiger partial charge on any atom is -0.375 e. The third-order valence-corrected chi connectivity index (χ3v) is 2.29. The van der Waals surface area contributed by atoms with Gasteiger partial charge < -0.3 is 4.74 Å². The van der Waals surface area contributed by atoms with Crippen LogP contribution in [-0.2, 0) is 18.4 Å². The van der Waals surface area contributed by atoms with Gasteiger partial charge in [-0.1, -0.05) is 0 Å². The average molecular weight is 287 g/mol. The summed E-state index contributed by atoms with van der Waals surface area (Å²) in [5.41, 5.74) is 0.597. The number of nitrogens with zero attached hydrogens (tertiary/aromatic N) is 2. The molecule has 0 bridgehead atoms. The van der Waals surface area contributed by atoms with Crippen molar-refractivity contribution < 1.29 is 17.9 Å². The summed E-state index contributed by atoms with van der Waals surface area (Å²) < 4.78 is 42.4. The number of rotatable bonds is 4. The lowest BCUT2D eigenvalue weighted by Crippen LogP contribution is -2.11. The summed E-state index contributed by atoms with van der Waals surface area (Å²) >= 11 is 3.22. The van der Waals surface area contributed by atoms with Crippen LogP contribution in [0.3, 0.4) is 0 Å². The normalized spacial score (nSPS) is 12.1. The topological polar surface area (TPSA) is 27.1 Å². The van der Waals surface area contributed by atoms with E-state index < -0.39 is 12.6 Å². The van der Waals surface area contributed by atoms with Crippen molar-refractivity contribution >= 4 is 15.9 Å². The molecule has 1 aromatic heterocycles. The molecule has 0 radical (unpaired) electrons. The summed E-state index contributed by atoms with van der Waals surface area (Å²) in [5.74, 6) is 0. The van der Waals surface area contributed by atoms with Gasteiger partial charge in [0.2, 0.25) is 0 Å². The van der Waals surface area contributed by atoms with Crippen LogP contribution in [0.25, 0.3) is 0 Å². The van der Waals surface area contributed by atoms with E-state index in [2.05, 4.69) is 21.0 Å². The summed E-state index contributed by atoms with van der Waals surface area (Å²) in [6, 6.07) is 0. The van der Waals surface area contributed by atoms with Gasteiger partial charge in [-0.15, -0.1) is 0 Å². The van der Waals surface area contributed by atoms with Gasteiger partial charge in [-0.25, -0.2) is 0 Å². The molecule has 3 nitrogen and oxygen atoms in total. The maximum absolute atomic E-state index is 11.8. The minimum absolute atomic E-state index is 0.0809. The Bertz CT molecular complexity index is 324. The second kappa shape index (κ2) is 4.98. The molecule has 1 aromatic rings. The molecule has 0 atom stereocenters. The Morgan fingerprint density at radius 3 is 2.67 bits per heavy atom. The van der Waals surface area contributed by atoms with Crippen molar-refractivity contribution in [2.75, 3.05) is 6.61 Å². The second-order valence-electron chi connectivity index (χ2n) is 3.02. The van der Waals surface area contributed by atoms with Crippen molar-refractivity contribution in [2.45, 2.75) is 19.2 Å². The number of ether oxygens (including phenoxy) is 1. The molecule has 0 fully saturated rings. The van der Waals surface area contributed by atoms with Crippen molar-refractivity contribution in [3.63, 3.8) is 0 Å². The quantitative estimate of drug-likeness (QED) is 0.796. The number of aromatic nitrogens is 2. The molecule has 0 aromatic carbocycles. The first-order chi connectivity index (χ1) is 6.88. The SMILES string of the molecule is Cn1cc(Br)c(COCCC(F)(F)F)n1. The van der Waals surface area contributed by atoms with E-state index in [-0.39, 0.29) is 13.2 Å². The van der Waals surface area contributed by atoms with E-state index in [9.17, 15) is 13.2 Å². The zero-order chi connectivity index (χ0) is 11.5. The Morgan fingerprint density at radius 1 is 1.53 bits per heavy atom. The highest BCUT2D eigenvalue weighted by Crippen LogP contribution is 2.20. The molecule has 0 saturated heterocycles. The van der Waals surface area contributed by atoms with E-state index in [0.29, 0.717) is 5.69 Å². The predicted molar refractivity (Wildman–Crippen MR) is 51.2 cm³/mol. The van der Waals surface area contributed by atoms with Crippen molar-refractivity contribution in [3.8, 4) is 0 Å². The second-order valence-corrected chi connectivity index (χ2v) is 3.87. The summed E-state index contributed by atoms with van der Waals surface area (Å²) in [6.45, 7) is -0.260. The summed E-state index contributed by atoms with van der Waals surface area (Å²) in [4.78, 5) is 0. The molecule has 7 heteroatoms. The molecule has 0 N–H and O–H groups in total. The molecule has 15 heavy (non-hydrogen) atoms. The number of hydrogen-bond acceptors (Lipinski definition) is 2. The van der Waals surface area contributed by atoms with Gasteiger partial charge in [0.1, 0.15) is 5.69 Å². The monoisotopic (exact) mass is 286 g/mol. The largest absolute Gasteiger partial charge is 0.391 e. The minimum atomic E-state index is -4.17. The first-order valence-electron chi connectivity index (χ1n) is 4.21. The first kappa shape index (κ1) is 12.5. The van der Waals surface area contributed by atoms with E-state index >= 15 is 0 Å². The summed E-state index contributed by atoms with van der Waals surface area (Å²) in [6.07, 6.45) is -3.39. The molecular weight excluding hydrogens is 277 g/mol.